The number of hydrogen-bond donors (Lipinski definition) is 0. The predicted octanol–water partition coefficient (Wildman–Crippen LogP) is 5.02. The Bertz CT molecular complexity index is 787. The van der Waals surface area contributed by atoms with Gasteiger partial charge in [0.1, 0.15) is 5.75 Å². The summed E-state index contributed by atoms with van der Waals surface area (Å²) in [5, 5.41) is 0.413. The molecule has 6 heteroatoms. The van der Waals surface area contributed by atoms with Crippen molar-refractivity contribution in [1.82, 2.24) is 0 Å². The third-order valence-electron chi connectivity index (χ3n) is 3.32. The van der Waals surface area contributed by atoms with Crippen LogP contribution < -0.4 is 14.2 Å². The third-order valence-corrected chi connectivity index (χ3v) is 4.22. The van der Waals surface area contributed by atoms with Gasteiger partial charge in [-0.1, -0.05) is 17.7 Å². The first-order valence-electron chi connectivity index (χ1n) is 6.97. The Labute approximate surface area is 154 Å². The van der Waals surface area contributed by atoms with Crippen molar-refractivity contribution in [3.8, 4) is 17.2 Å². The van der Waals surface area contributed by atoms with Crippen LogP contribution >= 0.6 is 27.5 Å². The molecule has 0 saturated carbocycles. The summed E-state index contributed by atoms with van der Waals surface area (Å²) in [7, 11) is 4.62. The smallest absolute Gasteiger partial charge is 0.185 e. The fourth-order valence-corrected chi connectivity index (χ4v) is 2.96. The van der Waals surface area contributed by atoms with Gasteiger partial charge < -0.3 is 14.2 Å². The van der Waals surface area contributed by atoms with E-state index >= 15 is 0 Å². The van der Waals surface area contributed by atoms with Gasteiger partial charge in [0.15, 0.2) is 17.3 Å². The van der Waals surface area contributed by atoms with Gasteiger partial charge in [0.2, 0.25) is 0 Å². The second kappa shape index (κ2) is 8.22. The van der Waals surface area contributed by atoms with E-state index in [0.29, 0.717) is 27.8 Å². The van der Waals surface area contributed by atoms with Crippen molar-refractivity contribution in [2.45, 2.75) is 0 Å². The molecular weight excluding hydrogens is 396 g/mol. The number of ether oxygens (including phenoxy) is 3. The molecule has 0 heterocycles. The summed E-state index contributed by atoms with van der Waals surface area (Å²) < 4.78 is 16.3. The zero-order chi connectivity index (χ0) is 17.7. The number of ketones is 1. The highest BCUT2D eigenvalue weighted by atomic mass is 79.9. The van der Waals surface area contributed by atoms with E-state index < -0.39 is 0 Å². The molecule has 4 nitrogen and oxygen atoms in total. The highest BCUT2D eigenvalue weighted by molar-refractivity contribution is 9.10. The Kier molecular flexibility index (Phi) is 6.29. The predicted molar refractivity (Wildman–Crippen MR) is 98.6 cm³/mol. The number of rotatable bonds is 6. The molecule has 0 aromatic heterocycles. The van der Waals surface area contributed by atoms with Gasteiger partial charge in [-0.15, -0.1) is 0 Å². The quantitative estimate of drug-likeness (QED) is 0.494. The molecule has 0 radical (unpaired) electrons. The van der Waals surface area contributed by atoms with E-state index in [1.165, 1.54) is 20.3 Å². The Balaban J connectivity index is 2.26. The molecule has 2 aromatic rings. The molecule has 0 atom stereocenters. The fraction of sp³-hybridized carbons (Fsp3) is 0.167. The molecule has 126 valence electrons. The van der Waals surface area contributed by atoms with Gasteiger partial charge in [-0.3, -0.25) is 4.79 Å². The molecule has 0 amide bonds. The topological polar surface area (TPSA) is 44.8 Å². The van der Waals surface area contributed by atoms with E-state index in [-0.39, 0.29) is 5.78 Å². The van der Waals surface area contributed by atoms with Gasteiger partial charge in [-0.05, 0) is 57.9 Å². The number of allylic oxidation sites excluding steroid dienone is 1. The van der Waals surface area contributed by atoms with Crippen molar-refractivity contribution in [3.05, 3.63) is 57.0 Å². The van der Waals surface area contributed by atoms with Gasteiger partial charge in [-0.2, -0.15) is 0 Å². The van der Waals surface area contributed by atoms with Gasteiger partial charge >= 0.3 is 0 Å². The summed E-state index contributed by atoms with van der Waals surface area (Å²) in [5.41, 5.74) is 1.28. The van der Waals surface area contributed by atoms with Gasteiger partial charge in [-0.25, -0.2) is 0 Å². The molecule has 0 unspecified atom stereocenters. The summed E-state index contributed by atoms with van der Waals surface area (Å²) in [6.45, 7) is 0. The Morgan fingerprint density at radius 1 is 1.04 bits per heavy atom. The molecule has 2 aromatic carbocycles. The minimum atomic E-state index is -0.135. The third kappa shape index (κ3) is 4.10. The lowest BCUT2D eigenvalue weighted by Crippen LogP contribution is -1.96. The maximum atomic E-state index is 12.3. The SMILES string of the molecule is COc1ccc(C(=O)/C=C/c2cc(Cl)c(OC)c(OC)c2)cc1Br. The number of halogens is 2. The van der Waals surface area contributed by atoms with Crippen LogP contribution in [0.2, 0.25) is 5.02 Å². The first-order chi connectivity index (χ1) is 11.5. The normalized spacial score (nSPS) is 10.7. The van der Waals surface area contributed by atoms with Gasteiger partial charge in [0.05, 0.1) is 30.8 Å². The molecular formula is C18H16BrClO4. The van der Waals surface area contributed by atoms with Crippen LogP contribution in [0.5, 0.6) is 17.2 Å². The van der Waals surface area contributed by atoms with Crippen LogP contribution in [0.1, 0.15) is 15.9 Å². The molecule has 0 aliphatic carbocycles. The molecule has 24 heavy (non-hydrogen) atoms. The largest absolute Gasteiger partial charge is 0.496 e. The fourth-order valence-electron chi connectivity index (χ4n) is 2.12. The Morgan fingerprint density at radius 3 is 2.33 bits per heavy atom. The molecule has 0 spiro atoms. The molecule has 0 saturated heterocycles. The standard InChI is InChI=1S/C18H16BrClO4/c1-22-16-7-5-12(10-13(16)19)15(21)6-4-11-8-14(20)18(24-3)17(9-11)23-2/h4-10H,1-3H3/b6-4+. The highest BCUT2D eigenvalue weighted by Gasteiger charge is 2.10. The lowest BCUT2D eigenvalue weighted by Gasteiger charge is -2.10. The molecule has 0 bridgehead atoms. The summed E-state index contributed by atoms with van der Waals surface area (Å²) in [4.78, 5) is 12.3. The van der Waals surface area contributed by atoms with E-state index in [0.717, 1.165) is 10.0 Å². The Hall–Kier alpha value is -1.98. The lowest BCUT2D eigenvalue weighted by molar-refractivity contribution is 0.104. The molecule has 2 rings (SSSR count). The summed E-state index contributed by atoms with van der Waals surface area (Å²) in [6, 6.07) is 8.61. The van der Waals surface area contributed by atoms with E-state index in [1.54, 1.807) is 43.5 Å². The number of hydrogen-bond acceptors (Lipinski definition) is 4. The average molecular weight is 412 g/mol. The van der Waals surface area contributed by atoms with Crippen molar-refractivity contribution in [2.75, 3.05) is 21.3 Å². The van der Waals surface area contributed by atoms with Crippen LogP contribution in [0.15, 0.2) is 40.9 Å². The van der Waals surface area contributed by atoms with Crippen LogP contribution in [0.25, 0.3) is 6.08 Å². The van der Waals surface area contributed by atoms with E-state index in [1.807, 2.05) is 0 Å². The number of benzene rings is 2. The minimum absolute atomic E-state index is 0.135. The zero-order valence-electron chi connectivity index (χ0n) is 13.4. The van der Waals surface area contributed by atoms with Crippen molar-refractivity contribution >= 4 is 39.4 Å². The van der Waals surface area contributed by atoms with Crippen molar-refractivity contribution in [1.29, 1.82) is 0 Å². The van der Waals surface area contributed by atoms with E-state index in [4.69, 9.17) is 25.8 Å². The molecule has 0 aliphatic heterocycles. The van der Waals surface area contributed by atoms with Crippen molar-refractivity contribution < 1.29 is 19.0 Å². The first-order valence-corrected chi connectivity index (χ1v) is 8.14. The maximum Gasteiger partial charge on any atom is 0.185 e. The Morgan fingerprint density at radius 2 is 1.75 bits per heavy atom. The summed E-state index contributed by atoms with van der Waals surface area (Å²) in [6.07, 6.45) is 3.15. The van der Waals surface area contributed by atoms with Crippen molar-refractivity contribution in [2.24, 2.45) is 0 Å². The first kappa shape index (κ1) is 18.4. The second-order valence-corrected chi connectivity index (χ2v) is 6.05. The zero-order valence-corrected chi connectivity index (χ0v) is 15.8. The van der Waals surface area contributed by atoms with E-state index in [9.17, 15) is 4.79 Å². The van der Waals surface area contributed by atoms with Crippen LogP contribution in [0.4, 0.5) is 0 Å². The number of methoxy groups -OCH3 is 3. The van der Waals surface area contributed by atoms with Crippen LogP contribution in [-0.2, 0) is 0 Å². The minimum Gasteiger partial charge on any atom is -0.496 e. The molecule has 0 fully saturated rings. The molecule has 0 N–H and O–H groups in total. The van der Waals surface area contributed by atoms with Crippen LogP contribution in [0.3, 0.4) is 0 Å². The van der Waals surface area contributed by atoms with Crippen LogP contribution in [-0.4, -0.2) is 27.1 Å². The van der Waals surface area contributed by atoms with Crippen LogP contribution in [0, 0.1) is 0 Å². The van der Waals surface area contributed by atoms with Gasteiger partial charge in [0.25, 0.3) is 0 Å². The number of carbonyl (C=O) groups excluding carboxylic acids is 1. The summed E-state index contributed by atoms with van der Waals surface area (Å²) in [5.74, 6) is 1.50. The molecule has 0 aliphatic rings. The van der Waals surface area contributed by atoms with Gasteiger partial charge in [0, 0.05) is 5.56 Å². The average Bonchev–Trinajstić information content (AvgIpc) is 2.58. The summed E-state index contributed by atoms with van der Waals surface area (Å²) >= 11 is 9.52. The second-order valence-electron chi connectivity index (χ2n) is 4.79. The maximum absolute atomic E-state index is 12.3. The number of carbonyl (C=O) groups is 1. The monoisotopic (exact) mass is 410 g/mol. The lowest BCUT2D eigenvalue weighted by atomic mass is 10.1. The van der Waals surface area contributed by atoms with E-state index in [2.05, 4.69) is 15.9 Å². The van der Waals surface area contributed by atoms with Crippen molar-refractivity contribution in [3.63, 3.8) is 0 Å². The highest BCUT2D eigenvalue weighted by Crippen LogP contribution is 2.36.